The van der Waals surface area contributed by atoms with E-state index in [1.807, 2.05) is 0 Å². The molecule has 92 valence electrons. The number of hydrogen-bond acceptors (Lipinski definition) is 1. The second-order valence-electron chi connectivity index (χ2n) is 5.80. The second-order valence-corrected chi connectivity index (χ2v) is 5.80. The van der Waals surface area contributed by atoms with E-state index >= 15 is 0 Å². The fourth-order valence-electron chi connectivity index (χ4n) is 3.87. The van der Waals surface area contributed by atoms with Crippen LogP contribution in [0.1, 0.15) is 50.5 Å². The minimum atomic E-state index is 0.481. The molecule has 1 heterocycles. The molecule has 1 aromatic rings. The van der Waals surface area contributed by atoms with Crippen molar-refractivity contribution in [2.75, 3.05) is 6.54 Å². The first kappa shape index (κ1) is 11.3. The van der Waals surface area contributed by atoms with Crippen molar-refractivity contribution in [3.05, 3.63) is 35.9 Å². The van der Waals surface area contributed by atoms with Crippen molar-refractivity contribution in [2.24, 2.45) is 5.92 Å². The molecule has 2 aliphatic rings. The normalized spacial score (nSPS) is 36.1. The van der Waals surface area contributed by atoms with Gasteiger partial charge in [-0.25, -0.2) is 0 Å². The first-order valence-corrected chi connectivity index (χ1v) is 7.16. The van der Waals surface area contributed by atoms with Crippen molar-refractivity contribution in [1.82, 2.24) is 5.32 Å². The fraction of sp³-hybridized carbons (Fsp3) is 0.625. The molecular weight excluding hydrogens is 206 g/mol. The maximum Gasteiger partial charge on any atom is 0.0216 e. The number of rotatable bonds is 4. The van der Waals surface area contributed by atoms with Gasteiger partial charge in [-0.2, -0.15) is 0 Å². The van der Waals surface area contributed by atoms with Gasteiger partial charge in [-0.3, -0.25) is 0 Å². The minimum absolute atomic E-state index is 0.481. The van der Waals surface area contributed by atoms with Crippen molar-refractivity contribution in [3.63, 3.8) is 0 Å². The van der Waals surface area contributed by atoms with E-state index in [4.69, 9.17) is 0 Å². The third kappa shape index (κ3) is 2.01. The average Bonchev–Trinajstić information content (AvgIpc) is 3.06. The summed E-state index contributed by atoms with van der Waals surface area (Å²) in [6.07, 6.45) is 6.84. The summed E-state index contributed by atoms with van der Waals surface area (Å²) in [6.45, 7) is 3.56. The summed E-state index contributed by atoms with van der Waals surface area (Å²) in [5, 5.41) is 3.83. The van der Waals surface area contributed by atoms with Gasteiger partial charge in [-0.05, 0) is 49.6 Å². The molecule has 0 spiro atoms. The summed E-state index contributed by atoms with van der Waals surface area (Å²) in [4.78, 5) is 0. The van der Waals surface area contributed by atoms with E-state index in [9.17, 15) is 0 Å². The minimum Gasteiger partial charge on any atom is -0.311 e. The van der Waals surface area contributed by atoms with E-state index in [0.29, 0.717) is 5.54 Å². The molecule has 0 aromatic heterocycles. The standard InChI is InChI=1S/C16H23N/c1-2-9-16(10-6-11-17-16)15-12-14(15)13-7-4-3-5-8-13/h3-5,7-8,14-15,17H,2,6,9-12H2,1H3. The van der Waals surface area contributed by atoms with Crippen LogP contribution in [-0.2, 0) is 0 Å². The molecule has 1 heteroatoms. The maximum absolute atomic E-state index is 3.83. The van der Waals surface area contributed by atoms with E-state index in [2.05, 4.69) is 42.6 Å². The van der Waals surface area contributed by atoms with Crippen LogP contribution in [0.15, 0.2) is 30.3 Å². The topological polar surface area (TPSA) is 12.0 Å². The Hall–Kier alpha value is -0.820. The lowest BCUT2D eigenvalue weighted by molar-refractivity contribution is 0.294. The zero-order chi connectivity index (χ0) is 11.7. The van der Waals surface area contributed by atoms with Gasteiger partial charge in [-0.1, -0.05) is 43.7 Å². The Morgan fingerprint density at radius 1 is 1.29 bits per heavy atom. The van der Waals surface area contributed by atoms with Gasteiger partial charge in [0.2, 0.25) is 0 Å². The van der Waals surface area contributed by atoms with Crippen molar-refractivity contribution < 1.29 is 0 Å². The van der Waals surface area contributed by atoms with E-state index in [1.165, 1.54) is 38.6 Å². The predicted molar refractivity (Wildman–Crippen MR) is 72.2 cm³/mol. The molecule has 1 aromatic carbocycles. The molecule has 1 N–H and O–H groups in total. The average molecular weight is 229 g/mol. The quantitative estimate of drug-likeness (QED) is 0.830. The monoisotopic (exact) mass is 229 g/mol. The third-order valence-corrected chi connectivity index (χ3v) is 4.70. The van der Waals surface area contributed by atoms with Crippen molar-refractivity contribution >= 4 is 0 Å². The molecule has 1 nitrogen and oxygen atoms in total. The van der Waals surface area contributed by atoms with Crippen LogP contribution in [0.5, 0.6) is 0 Å². The first-order valence-electron chi connectivity index (χ1n) is 7.16. The molecule has 17 heavy (non-hydrogen) atoms. The van der Waals surface area contributed by atoms with Gasteiger partial charge >= 0.3 is 0 Å². The van der Waals surface area contributed by atoms with Gasteiger partial charge in [0, 0.05) is 5.54 Å². The zero-order valence-corrected chi connectivity index (χ0v) is 10.8. The number of hydrogen-bond donors (Lipinski definition) is 1. The van der Waals surface area contributed by atoms with Crippen LogP contribution >= 0.6 is 0 Å². The predicted octanol–water partition coefficient (Wildman–Crippen LogP) is 3.71. The second kappa shape index (κ2) is 4.45. The maximum atomic E-state index is 3.83. The fourth-order valence-corrected chi connectivity index (χ4v) is 3.87. The van der Waals surface area contributed by atoms with E-state index in [-0.39, 0.29) is 0 Å². The highest BCUT2D eigenvalue weighted by molar-refractivity contribution is 5.29. The first-order chi connectivity index (χ1) is 8.36. The molecule has 3 rings (SSSR count). The van der Waals surface area contributed by atoms with Crippen molar-refractivity contribution in [3.8, 4) is 0 Å². The van der Waals surface area contributed by atoms with E-state index in [1.54, 1.807) is 5.56 Å². The van der Waals surface area contributed by atoms with Gasteiger partial charge in [0.1, 0.15) is 0 Å². The van der Waals surface area contributed by atoms with Gasteiger partial charge in [-0.15, -0.1) is 0 Å². The van der Waals surface area contributed by atoms with Gasteiger partial charge in [0.25, 0.3) is 0 Å². The molecule has 0 amide bonds. The molecule has 1 aliphatic carbocycles. The third-order valence-electron chi connectivity index (χ3n) is 4.70. The molecule has 3 atom stereocenters. The van der Waals surface area contributed by atoms with Crippen molar-refractivity contribution in [2.45, 2.75) is 50.5 Å². The Bertz CT molecular complexity index is 364. The Balaban J connectivity index is 1.74. The Kier molecular flexibility index (Phi) is 2.96. The van der Waals surface area contributed by atoms with Crippen LogP contribution in [0.25, 0.3) is 0 Å². The highest BCUT2D eigenvalue weighted by Crippen LogP contribution is 2.56. The van der Waals surface area contributed by atoms with Crippen LogP contribution in [0.2, 0.25) is 0 Å². The summed E-state index contributed by atoms with van der Waals surface area (Å²) in [7, 11) is 0. The Labute approximate surface area is 105 Å². The highest BCUT2D eigenvalue weighted by atomic mass is 15.0. The van der Waals surface area contributed by atoms with Crippen LogP contribution in [0.4, 0.5) is 0 Å². The molecule has 2 fully saturated rings. The van der Waals surface area contributed by atoms with Crippen LogP contribution in [-0.4, -0.2) is 12.1 Å². The summed E-state index contributed by atoms with van der Waals surface area (Å²) in [6, 6.07) is 11.1. The lowest BCUT2D eigenvalue weighted by Crippen LogP contribution is -2.42. The van der Waals surface area contributed by atoms with Gasteiger partial charge in [0.05, 0.1) is 0 Å². The summed E-state index contributed by atoms with van der Waals surface area (Å²) in [5.41, 5.74) is 2.04. The number of benzene rings is 1. The highest BCUT2D eigenvalue weighted by Gasteiger charge is 2.53. The Morgan fingerprint density at radius 3 is 2.76 bits per heavy atom. The molecule has 1 saturated heterocycles. The lowest BCUT2D eigenvalue weighted by Gasteiger charge is -2.30. The summed E-state index contributed by atoms with van der Waals surface area (Å²) in [5.74, 6) is 1.72. The SMILES string of the molecule is CCCC1(C2CC2c2ccccc2)CCCN1. The number of nitrogens with one attached hydrogen (secondary N) is 1. The van der Waals surface area contributed by atoms with E-state index < -0.39 is 0 Å². The van der Waals surface area contributed by atoms with Gasteiger partial charge < -0.3 is 5.32 Å². The van der Waals surface area contributed by atoms with Crippen LogP contribution < -0.4 is 5.32 Å². The molecule has 3 unspecified atom stereocenters. The smallest absolute Gasteiger partial charge is 0.0216 e. The molecule has 1 saturated carbocycles. The zero-order valence-electron chi connectivity index (χ0n) is 10.8. The largest absolute Gasteiger partial charge is 0.311 e. The van der Waals surface area contributed by atoms with Gasteiger partial charge in [0.15, 0.2) is 0 Å². The summed E-state index contributed by atoms with van der Waals surface area (Å²) < 4.78 is 0. The van der Waals surface area contributed by atoms with Crippen LogP contribution in [0.3, 0.4) is 0 Å². The molecule has 0 radical (unpaired) electrons. The van der Waals surface area contributed by atoms with Crippen molar-refractivity contribution in [1.29, 1.82) is 0 Å². The Morgan fingerprint density at radius 2 is 2.12 bits per heavy atom. The lowest BCUT2D eigenvalue weighted by atomic mass is 9.85. The van der Waals surface area contributed by atoms with E-state index in [0.717, 1.165) is 11.8 Å². The molecular formula is C16H23N. The molecule has 1 aliphatic heterocycles. The molecule has 0 bridgehead atoms. The van der Waals surface area contributed by atoms with Crippen LogP contribution in [0, 0.1) is 5.92 Å². The summed E-state index contributed by atoms with van der Waals surface area (Å²) >= 11 is 0.